The number of carboxylic acids is 1. The van der Waals surface area contributed by atoms with Crippen LogP contribution in [0.3, 0.4) is 0 Å². The van der Waals surface area contributed by atoms with Gasteiger partial charge in [0.05, 0.1) is 23.9 Å². The van der Waals surface area contributed by atoms with Gasteiger partial charge in [-0.2, -0.15) is 5.10 Å². The first kappa shape index (κ1) is 24.6. The zero-order valence-corrected chi connectivity index (χ0v) is 19.9. The van der Waals surface area contributed by atoms with Crippen molar-refractivity contribution in [2.24, 2.45) is 7.05 Å². The summed E-state index contributed by atoms with van der Waals surface area (Å²) in [5.41, 5.74) is 2.50. The Hall–Kier alpha value is -1.46. The molecule has 0 fully saturated rings. The fourth-order valence-electron chi connectivity index (χ4n) is 2.57. The van der Waals surface area contributed by atoms with Gasteiger partial charge in [-0.25, -0.2) is 9.18 Å². The standard InChI is InChI=1S/C18H24FN5O3.K/c1-11-13(10-21-24(11)4)8-15(17(25)26)22-18(27)20-9-12-5-6-16(23(2)3)14(19)7-12;/h5-7,10,15H,8-9H2,1-4H3,(H,25,26)(H2,20,22,27);/q;+1/p-1. The third kappa shape index (κ3) is 6.55. The molecule has 0 saturated carbocycles. The van der Waals surface area contributed by atoms with Crippen LogP contribution in [0.4, 0.5) is 14.9 Å². The number of hydrogen-bond acceptors (Lipinski definition) is 5. The second-order valence-corrected chi connectivity index (χ2v) is 6.46. The fraction of sp³-hybridized carbons (Fsp3) is 0.389. The summed E-state index contributed by atoms with van der Waals surface area (Å²) < 4.78 is 15.6. The van der Waals surface area contributed by atoms with Gasteiger partial charge in [0.25, 0.3) is 0 Å². The Morgan fingerprint density at radius 1 is 1.36 bits per heavy atom. The van der Waals surface area contributed by atoms with Crippen molar-refractivity contribution in [2.45, 2.75) is 25.9 Å². The third-order valence-electron chi connectivity index (χ3n) is 4.30. The predicted octanol–water partition coefficient (Wildman–Crippen LogP) is -2.90. The van der Waals surface area contributed by atoms with Gasteiger partial charge in [-0.05, 0) is 30.2 Å². The van der Waals surface area contributed by atoms with Gasteiger partial charge < -0.3 is 25.4 Å². The van der Waals surface area contributed by atoms with Gasteiger partial charge in [0, 0.05) is 39.8 Å². The Bertz CT molecular complexity index is 841. The van der Waals surface area contributed by atoms with Gasteiger partial charge in [0.2, 0.25) is 0 Å². The van der Waals surface area contributed by atoms with E-state index in [4.69, 9.17) is 0 Å². The van der Waals surface area contributed by atoms with Gasteiger partial charge in [-0.1, -0.05) is 6.07 Å². The van der Waals surface area contributed by atoms with E-state index < -0.39 is 23.9 Å². The first-order valence-electron chi connectivity index (χ1n) is 8.37. The van der Waals surface area contributed by atoms with E-state index >= 15 is 0 Å². The predicted molar refractivity (Wildman–Crippen MR) is 96.5 cm³/mol. The topological polar surface area (TPSA) is 102 Å². The molecule has 1 aromatic carbocycles. The molecule has 2 amide bonds. The Balaban J connectivity index is 0.00000392. The smallest absolute Gasteiger partial charge is 0.548 e. The molecule has 0 aliphatic rings. The molecule has 2 rings (SSSR count). The van der Waals surface area contributed by atoms with Crippen LogP contribution in [0.25, 0.3) is 0 Å². The molecular formula is C18H23FKN5O3. The van der Waals surface area contributed by atoms with Crippen molar-refractivity contribution in [3.05, 3.63) is 47.0 Å². The van der Waals surface area contributed by atoms with E-state index in [1.165, 1.54) is 6.07 Å². The second-order valence-electron chi connectivity index (χ2n) is 6.46. The summed E-state index contributed by atoms with van der Waals surface area (Å²) in [6.07, 6.45) is 1.61. The van der Waals surface area contributed by atoms with Crippen LogP contribution in [0.1, 0.15) is 16.8 Å². The quantitative estimate of drug-likeness (QED) is 0.473. The molecule has 0 aliphatic heterocycles. The zero-order valence-electron chi connectivity index (χ0n) is 16.7. The number of carboxylic acid groups (broad SMARTS) is 1. The molecule has 28 heavy (non-hydrogen) atoms. The number of amides is 2. The van der Waals surface area contributed by atoms with E-state index in [-0.39, 0.29) is 64.4 Å². The van der Waals surface area contributed by atoms with Gasteiger partial charge in [-0.3, -0.25) is 4.68 Å². The van der Waals surface area contributed by atoms with Gasteiger partial charge in [-0.15, -0.1) is 0 Å². The number of hydrogen-bond donors (Lipinski definition) is 2. The van der Waals surface area contributed by atoms with Crippen LogP contribution >= 0.6 is 0 Å². The molecular weight excluding hydrogens is 392 g/mol. The molecule has 1 unspecified atom stereocenters. The van der Waals surface area contributed by atoms with Gasteiger partial charge >= 0.3 is 57.4 Å². The first-order chi connectivity index (χ1) is 12.7. The minimum atomic E-state index is -1.39. The molecule has 0 bridgehead atoms. The minimum Gasteiger partial charge on any atom is -0.548 e. The molecule has 0 spiro atoms. The summed E-state index contributed by atoms with van der Waals surface area (Å²) in [6, 6.07) is 2.74. The number of aliphatic carboxylic acids is 1. The monoisotopic (exact) mass is 415 g/mol. The zero-order chi connectivity index (χ0) is 20.1. The Morgan fingerprint density at radius 3 is 2.54 bits per heavy atom. The van der Waals surface area contributed by atoms with Crippen LogP contribution in [0.15, 0.2) is 24.4 Å². The second kappa shape index (κ2) is 10.9. The summed E-state index contributed by atoms with van der Waals surface area (Å²) in [5, 5.41) is 20.3. The molecule has 1 atom stereocenters. The molecule has 0 aliphatic carbocycles. The summed E-state index contributed by atoms with van der Waals surface area (Å²) in [4.78, 5) is 25.0. The fourth-order valence-corrected chi connectivity index (χ4v) is 2.57. The van der Waals surface area contributed by atoms with E-state index in [0.717, 1.165) is 5.69 Å². The van der Waals surface area contributed by atoms with Crippen molar-refractivity contribution < 1.29 is 70.5 Å². The van der Waals surface area contributed by atoms with Crippen LogP contribution in [0, 0.1) is 12.7 Å². The van der Waals surface area contributed by atoms with E-state index in [2.05, 4.69) is 15.7 Å². The molecule has 2 N–H and O–H groups in total. The summed E-state index contributed by atoms with van der Waals surface area (Å²) in [6.45, 7) is 1.86. The van der Waals surface area contributed by atoms with Crippen molar-refractivity contribution in [2.75, 3.05) is 19.0 Å². The molecule has 0 radical (unpaired) electrons. The van der Waals surface area contributed by atoms with E-state index in [9.17, 15) is 19.1 Å². The molecule has 8 nitrogen and oxygen atoms in total. The molecule has 1 aromatic heterocycles. The maximum atomic E-state index is 14.0. The number of carbonyl (C=O) groups excluding carboxylic acids is 2. The maximum Gasteiger partial charge on any atom is 1.00 e. The van der Waals surface area contributed by atoms with Crippen molar-refractivity contribution in [3.63, 3.8) is 0 Å². The number of nitrogens with one attached hydrogen (secondary N) is 2. The molecule has 10 heteroatoms. The number of halogens is 1. The maximum absolute atomic E-state index is 14.0. The van der Waals surface area contributed by atoms with Crippen LogP contribution < -0.4 is 72.0 Å². The van der Waals surface area contributed by atoms with E-state index in [1.54, 1.807) is 56.0 Å². The molecule has 146 valence electrons. The number of rotatable bonds is 7. The number of nitrogens with zero attached hydrogens (tertiary/aromatic N) is 3. The largest absolute Gasteiger partial charge is 1.00 e. The number of carbonyl (C=O) groups is 2. The number of urea groups is 1. The Morgan fingerprint density at radius 2 is 2.04 bits per heavy atom. The van der Waals surface area contributed by atoms with Gasteiger partial charge in [0.15, 0.2) is 0 Å². The number of aryl methyl sites for hydroxylation is 1. The van der Waals surface area contributed by atoms with Gasteiger partial charge in [0.1, 0.15) is 5.82 Å². The van der Waals surface area contributed by atoms with E-state index in [0.29, 0.717) is 16.8 Å². The van der Waals surface area contributed by atoms with Crippen LogP contribution in [-0.4, -0.2) is 41.9 Å². The van der Waals surface area contributed by atoms with Crippen molar-refractivity contribution in [1.82, 2.24) is 20.4 Å². The third-order valence-corrected chi connectivity index (χ3v) is 4.30. The summed E-state index contributed by atoms with van der Waals surface area (Å²) in [5.74, 6) is -1.80. The molecule has 2 aromatic rings. The number of benzene rings is 1. The SMILES string of the molecule is Cc1c(CC(NC(=O)NCc2ccc(N(C)C)c(F)c2)C(=O)[O-])cnn1C.[K+]. The number of aromatic nitrogens is 2. The Kier molecular flexibility index (Phi) is 9.58. The number of anilines is 1. The minimum absolute atomic E-state index is 0. The normalized spacial score (nSPS) is 11.3. The first-order valence-corrected chi connectivity index (χ1v) is 8.37. The van der Waals surface area contributed by atoms with Crippen molar-refractivity contribution in [3.8, 4) is 0 Å². The van der Waals surface area contributed by atoms with Crippen LogP contribution in [-0.2, 0) is 24.8 Å². The van der Waals surface area contributed by atoms with E-state index in [1.807, 2.05) is 0 Å². The van der Waals surface area contributed by atoms with Crippen LogP contribution in [0.2, 0.25) is 0 Å². The van der Waals surface area contributed by atoms with Crippen LogP contribution in [0.5, 0.6) is 0 Å². The summed E-state index contributed by atoms with van der Waals surface area (Å²) >= 11 is 0. The Labute approximate surface area is 205 Å². The average molecular weight is 416 g/mol. The van der Waals surface area contributed by atoms with Crippen molar-refractivity contribution >= 4 is 17.7 Å². The molecule has 1 heterocycles. The summed E-state index contributed by atoms with van der Waals surface area (Å²) in [7, 11) is 5.20. The molecule has 0 saturated heterocycles. The average Bonchev–Trinajstić information content (AvgIpc) is 2.91. The van der Waals surface area contributed by atoms with Crippen molar-refractivity contribution in [1.29, 1.82) is 0 Å².